The molecule has 0 unspecified atom stereocenters. The maximum atomic E-state index is 13.8. The van der Waals surface area contributed by atoms with Gasteiger partial charge in [0.1, 0.15) is 6.61 Å². The van der Waals surface area contributed by atoms with E-state index in [1.165, 1.54) is 0 Å². The normalized spacial score (nSPS) is 16.5. The van der Waals surface area contributed by atoms with Gasteiger partial charge in [0.05, 0.1) is 23.6 Å². The minimum absolute atomic E-state index is 0.0327. The summed E-state index contributed by atoms with van der Waals surface area (Å²) >= 11 is 0. The first-order chi connectivity index (χ1) is 21.0. The summed E-state index contributed by atoms with van der Waals surface area (Å²) in [5.74, 6) is 0. The Balaban J connectivity index is 1.57. The average Bonchev–Trinajstić information content (AvgIpc) is 3.37. The van der Waals surface area contributed by atoms with Gasteiger partial charge in [0.25, 0.3) is 8.32 Å². The monoisotopic (exact) mass is 628 g/mol. The number of hydrogen-bond donors (Lipinski definition) is 1. The summed E-state index contributed by atoms with van der Waals surface area (Å²) in [6.45, 7) is 8.79. The minimum Gasteiger partial charge on any atom is -0.447 e. The quantitative estimate of drug-likeness (QED) is 0.230. The van der Waals surface area contributed by atoms with Crippen LogP contribution in [-0.4, -0.2) is 53.0 Å². The first-order valence-corrected chi connectivity index (χ1v) is 18.2. The largest absolute Gasteiger partial charge is 0.447 e. The van der Waals surface area contributed by atoms with E-state index in [9.17, 15) is 13.2 Å². The van der Waals surface area contributed by atoms with Gasteiger partial charge in [-0.3, -0.25) is 4.90 Å². The molecule has 5 rings (SSSR count). The number of carbonyl (C=O) groups is 1. The third-order valence-corrected chi connectivity index (χ3v) is 14.7. The molecule has 9 heteroatoms. The van der Waals surface area contributed by atoms with Crippen LogP contribution < -0.4 is 15.1 Å². The molecule has 1 heterocycles. The van der Waals surface area contributed by atoms with E-state index in [1.54, 1.807) is 29.2 Å². The van der Waals surface area contributed by atoms with Crippen LogP contribution in [0, 0.1) is 6.92 Å². The molecule has 0 bridgehead atoms. The Kier molecular flexibility index (Phi) is 9.41. The molecule has 0 spiro atoms. The second-order valence-electron chi connectivity index (χ2n) is 12.3. The van der Waals surface area contributed by atoms with Crippen LogP contribution >= 0.6 is 0 Å². The number of benzene rings is 4. The summed E-state index contributed by atoms with van der Waals surface area (Å²) in [6, 6.07) is 35.4. The van der Waals surface area contributed by atoms with E-state index in [2.05, 4.69) is 49.8 Å². The van der Waals surface area contributed by atoms with Crippen LogP contribution in [0.5, 0.6) is 0 Å². The third kappa shape index (κ3) is 6.66. The van der Waals surface area contributed by atoms with Gasteiger partial charge in [0.2, 0.25) is 10.0 Å². The predicted octanol–water partition coefficient (Wildman–Crippen LogP) is 5.24. The number of nitrogens with zero attached hydrogens (tertiary/aromatic N) is 1. The van der Waals surface area contributed by atoms with Crippen LogP contribution in [0.4, 0.5) is 4.79 Å². The second-order valence-corrected chi connectivity index (χ2v) is 18.3. The first-order valence-electron chi connectivity index (χ1n) is 14.8. The molecule has 1 aliphatic rings. The summed E-state index contributed by atoms with van der Waals surface area (Å²) in [4.78, 5) is 14.8. The number of ether oxygens (including phenoxy) is 1. The molecule has 4 aromatic carbocycles. The molecule has 2 atom stereocenters. The number of cyclic esters (lactones) is 1. The van der Waals surface area contributed by atoms with Crippen molar-refractivity contribution in [2.75, 3.05) is 13.2 Å². The Bertz CT molecular complexity index is 1610. The van der Waals surface area contributed by atoms with Crippen LogP contribution in [0.1, 0.15) is 31.9 Å². The molecule has 1 amide bonds. The van der Waals surface area contributed by atoms with Crippen molar-refractivity contribution in [3.05, 3.63) is 126 Å². The third-order valence-electron chi connectivity index (χ3n) is 8.21. The molecule has 7 nitrogen and oxygen atoms in total. The molecule has 1 aliphatic heterocycles. The van der Waals surface area contributed by atoms with Crippen molar-refractivity contribution in [1.29, 1.82) is 0 Å². The van der Waals surface area contributed by atoms with Gasteiger partial charge in [-0.15, -0.1) is 0 Å². The van der Waals surface area contributed by atoms with E-state index >= 15 is 0 Å². The highest BCUT2D eigenvalue weighted by Gasteiger charge is 2.51. The van der Waals surface area contributed by atoms with E-state index in [1.807, 2.05) is 73.7 Å². The minimum atomic E-state index is -3.97. The second kappa shape index (κ2) is 13.1. The van der Waals surface area contributed by atoms with E-state index in [-0.39, 0.29) is 29.7 Å². The number of aryl methyl sites for hydroxylation is 1. The molecule has 230 valence electrons. The van der Waals surface area contributed by atoms with Gasteiger partial charge in [0.15, 0.2) is 0 Å². The van der Waals surface area contributed by atoms with Gasteiger partial charge in [-0.25, -0.2) is 17.9 Å². The van der Waals surface area contributed by atoms with Crippen LogP contribution in [0.25, 0.3) is 0 Å². The fourth-order valence-corrected chi connectivity index (χ4v) is 11.8. The number of nitrogens with one attached hydrogen (secondary N) is 1. The summed E-state index contributed by atoms with van der Waals surface area (Å²) in [5, 5.41) is 1.85. The van der Waals surface area contributed by atoms with Gasteiger partial charge in [-0.05, 0) is 40.0 Å². The molecular formula is C35H40N2O5SSi. The molecule has 0 radical (unpaired) electrons. The van der Waals surface area contributed by atoms with Crippen LogP contribution in [0.2, 0.25) is 5.04 Å². The number of hydrogen-bond acceptors (Lipinski definition) is 5. The molecule has 1 fully saturated rings. The molecule has 44 heavy (non-hydrogen) atoms. The zero-order chi connectivity index (χ0) is 31.4. The topological polar surface area (TPSA) is 84.9 Å². The Morgan fingerprint density at radius 3 is 1.91 bits per heavy atom. The lowest BCUT2D eigenvalue weighted by molar-refractivity contribution is 0.152. The van der Waals surface area contributed by atoms with Gasteiger partial charge in [0, 0.05) is 6.54 Å². The van der Waals surface area contributed by atoms with Crippen molar-refractivity contribution < 1.29 is 22.4 Å². The number of rotatable bonds is 11. The van der Waals surface area contributed by atoms with Crippen LogP contribution in [0.3, 0.4) is 0 Å². The smallest absolute Gasteiger partial charge is 0.410 e. The fraction of sp³-hybridized carbons (Fsp3) is 0.286. The predicted molar refractivity (Wildman–Crippen MR) is 176 cm³/mol. The Labute approximate surface area is 262 Å². The first kappa shape index (κ1) is 31.7. The highest BCUT2D eigenvalue weighted by atomic mass is 32.2. The van der Waals surface area contributed by atoms with E-state index < -0.39 is 36.5 Å². The summed E-state index contributed by atoms with van der Waals surface area (Å²) in [6.07, 6.45) is -0.483. The van der Waals surface area contributed by atoms with Crippen molar-refractivity contribution in [2.45, 2.75) is 56.3 Å². The number of sulfonamides is 1. The molecule has 1 saturated heterocycles. The lowest BCUT2D eigenvalue weighted by atomic mass is 10.1. The van der Waals surface area contributed by atoms with Gasteiger partial charge >= 0.3 is 6.09 Å². The van der Waals surface area contributed by atoms with Gasteiger partial charge in [-0.1, -0.05) is 129 Å². The Morgan fingerprint density at radius 2 is 1.39 bits per heavy atom. The highest BCUT2D eigenvalue weighted by molar-refractivity contribution is 7.89. The zero-order valence-corrected chi connectivity index (χ0v) is 27.5. The van der Waals surface area contributed by atoms with Crippen molar-refractivity contribution >= 4 is 34.8 Å². The van der Waals surface area contributed by atoms with E-state index in [0.29, 0.717) is 0 Å². The SMILES string of the molecule is Cc1ccc(S(=O)(=O)N[C@H](CO[Si](c2ccccc2)(c2ccccc2)C(C)(C)C)[C@H]2COC(=O)N2Cc2ccccc2)cc1. The summed E-state index contributed by atoms with van der Waals surface area (Å²) in [5.41, 5.74) is 1.88. The Morgan fingerprint density at radius 1 is 0.864 bits per heavy atom. The van der Waals surface area contributed by atoms with Crippen molar-refractivity contribution in [3.8, 4) is 0 Å². The maximum absolute atomic E-state index is 13.8. The van der Waals surface area contributed by atoms with Gasteiger partial charge < -0.3 is 9.16 Å². The number of amides is 1. The number of carbonyl (C=O) groups excluding carboxylic acids is 1. The maximum Gasteiger partial charge on any atom is 0.410 e. The van der Waals surface area contributed by atoms with Crippen molar-refractivity contribution in [2.24, 2.45) is 0 Å². The highest BCUT2D eigenvalue weighted by Crippen LogP contribution is 2.37. The summed E-state index contributed by atoms with van der Waals surface area (Å²) < 4.78 is 43.3. The lowest BCUT2D eigenvalue weighted by Crippen LogP contribution is -2.68. The summed E-state index contributed by atoms with van der Waals surface area (Å²) in [7, 11) is -6.99. The standard InChI is InChI=1S/C35H40N2O5SSi/c1-27-20-22-29(23-21-27)43(39,40)36-32(33-26-41-34(38)37(33)24-28-14-8-5-9-15-28)25-42-44(35(2,3)4,30-16-10-6-11-17-30)31-18-12-7-13-19-31/h5-23,32-33,36H,24-26H2,1-4H3/t32-,33-/m1/s1. The zero-order valence-electron chi connectivity index (χ0n) is 25.6. The van der Waals surface area contributed by atoms with Gasteiger partial charge in [-0.2, -0.15) is 0 Å². The molecule has 0 saturated carbocycles. The molecule has 0 aliphatic carbocycles. The average molecular weight is 629 g/mol. The Hall–Kier alpha value is -3.76. The molecule has 4 aromatic rings. The van der Waals surface area contributed by atoms with E-state index in [0.717, 1.165) is 21.5 Å². The molecule has 1 N–H and O–H groups in total. The molecule has 0 aromatic heterocycles. The van der Waals surface area contributed by atoms with Crippen molar-refractivity contribution in [3.63, 3.8) is 0 Å². The van der Waals surface area contributed by atoms with Crippen molar-refractivity contribution in [1.82, 2.24) is 9.62 Å². The lowest BCUT2D eigenvalue weighted by Gasteiger charge is -2.44. The van der Waals surface area contributed by atoms with Crippen LogP contribution in [-0.2, 0) is 25.7 Å². The van der Waals surface area contributed by atoms with Crippen LogP contribution in [0.15, 0.2) is 120 Å². The fourth-order valence-electron chi connectivity index (χ4n) is 5.94. The molecular weight excluding hydrogens is 589 g/mol. The van der Waals surface area contributed by atoms with E-state index in [4.69, 9.17) is 9.16 Å².